The molecule has 8 aromatic carbocycles. The highest BCUT2D eigenvalue weighted by atomic mass is 15.0. The van der Waals surface area contributed by atoms with Gasteiger partial charge in [0.1, 0.15) is 0 Å². The molecule has 0 aliphatic carbocycles. The van der Waals surface area contributed by atoms with Crippen LogP contribution in [0.1, 0.15) is 0 Å². The molecule has 0 bridgehead atoms. The van der Waals surface area contributed by atoms with Crippen molar-refractivity contribution in [1.82, 2.24) is 13.7 Å². The Morgan fingerprint density at radius 1 is 0.291 bits per heavy atom. The van der Waals surface area contributed by atoms with Crippen molar-refractivity contribution in [3.8, 4) is 28.2 Å². The number of para-hydroxylation sites is 4. The van der Waals surface area contributed by atoms with Gasteiger partial charge in [-0.15, -0.1) is 0 Å². The first-order chi connectivity index (χ1) is 27.2. The number of benzene rings is 8. The summed E-state index contributed by atoms with van der Waals surface area (Å²) in [6.45, 7) is 15.7. The highest BCUT2D eigenvalue weighted by Crippen LogP contribution is 2.39. The van der Waals surface area contributed by atoms with Gasteiger partial charge in [-0.25, -0.2) is 9.69 Å². The van der Waals surface area contributed by atoms with Crippen LogP contribution in [0.3, 0.4) is 0 Å². The SMILES string of the molecule is [C-]#[N+]c1cc(-c2ccc(-n3c4ccccc4c4cc(-n5c6ccccc6c6ccccc65)ccc43)cc2)cc(-n2c3ccccc3c3ccc([N+]#[C-])cc32)c1. The van der Waals surface area contributed by atoms with E-state index in [1.807, 2.05) is 42.5 Å². The third-order valence-electron chi connectivity index (χ3n) is 11.0. The first kappa shape index (κ1) is 30.7. The summed E-state index contributed by atoms with van der Waals surface area (Å²) in [5, 5.41) is 7.09. The van der Waals surface area contributed by atoms with Crippen LogP contribution >= 0.6 is 0 Å². The molecule has 5 nitrogen and oxygen atoms in total. The molecule has 0 saturated carbocycles. The maximum absolute atomic E-state index is 8.01. The highest BCUT2D eigenvalue weighted by molar-refractivity contribution is 6.13. The van der Waals surface area contributed by atoms with E-state index < -0.39 is 0 Å². The Balaban J connectivity index is 1.05. The predicted molar refractivity (Wildman–Crippen MR) is 227 cm³/mol. The molecule has 0 amide bonds. The predicted octanol–water partition coefficient (Wildman–Crippen LogP) is 13.7. The smallest absolute Gasteiger partial charge is 0.189 e. The van der Waals surface area contributed by atoms with Crippen LogP contribution in [0.2, 0.25) is 0 Å². The van der Waals surface area contributed by atoms with Gasteiger partial charge in [-0.05, 0) is 90.0 Å². The summed E-state index contributed by atoms with van der Waals surface area (Å²) in [6.07, 6.45) is 0. The molecule has 0 saturated heterocycles. The standard InChI is InChI=1S/C50H29N5/c1-51-34-21-25-43-41-13-5-9-17-47(41)55(50(43)30-34)38-28-33(27-35(29-38)52-2)32-19-22-36(23-20-32)53-48-18-10-6-14-42(48)44-31-37(24-26-49(44)53)54-45-15-7-3-11-39(45)40-12-4-8-16-46(40)54/h3-31H. The second-order valence-electron chi connectivity index (χ2n) is 14.0. The Kier molecular flexibility index (Phi) is 6.61. The van der Waals surface area contributed by atoms with Crippen LogP contribution in [0, 0.1) is 13.1 Å². The van der Waals surface area contributed by atoms with Crippen molar-refractivity contribution in [2.75, 3.05) is 0 Å². The lowest BCUT2D eigenvalue weighted by molar-refractivity contribution is 1.16. The summed E-state index contributed by atoms with van der Waals surface area (Å²) < 4.78 is 6.90. The molecule has 11 aromatic rings. The van der Waals surface area contributed by atoms with Crippen LogP contribution in [0.25, 0.3) is 103 Å². The molecule has 0 spiro atoms. The lowest BCUT2D eigenvalue weighted by Gasteiger charge is -2.13. The number of nitrogens with zero attached hydrogens (tertiary/aromatic N) is 5. The molecule has 11 rings (SSSR count). The lowest BCUT2D eigenvalue weighted by atomic mass is 10.0. The monoisotopic (exact) mass is 699 g/mol. The molecule has 254 valence electrons. The van der Waals surface area contributed by atoms with Crippen molar-refractivity contribution < 1.29 is 0 Å². The van der Waals surface area contributed by atoms with Crippen molar-refractivity contribution in [2.24, 2.45) is 0 Å². The molecule has 0 fully saturated rings. The number of aromatic nitrogens is 3. The minimum Gasteiger partial charge on any atom is -0.312 e. The van der Waals surface area contributed by atoms with E-state index in [-0.39, 0.29) is 0 Å². The first-order valence-electron chi connectivity index (χ1n) is 18.2. The average molecular weight is 700 g/mol. The second-order valence-corrected chi connectivity index (χ2v) is 14.0. The minimum absolute atomic E-state index is 0.560. The summed E-state index contributed by atoms with van der Waals surface area (Å²) >= 11 is 0. The number of rotatable bonds is 4. The van der Waals surface area contributed by atoms with Gasteiger partial charge in [-0.3, -0.25) is 0 Å². The largest absolute Gasteiger partial charge is 0.312 e. The third kappa shape index (κ3) is 4.58. The van der Waals surface area contributed by atoms with Gasteiger partial charge in [-0.1, -0.05) is 97.1 Å². The summed E-state index contributed by atoms with van der Waals surface area (Å²) in [5.41, 5.74) is 12.9. The van der Waals surface area contributed by atoms with Gasteiger partial charge >= 0.3 is 0 Å². The van der Waals surface area contributed by atoms with Gasteiger partial charge in [0.2, 0.25) is 0 Å². The molecule has 0 atom stereocenters. The Bertz CT molecular complexity index is 3400. The lowest BCUT2D eigenvalue weighted by Crippen LogP contribution is -1.96. The van der Waals surface area contributed by atoms with E-state index >= 15 is 0 Å². The van der Waals surface area contributed by atoms with Crippen molar-refractivity contribution >= 4 is 76.8 Å². The molecule has 0 unspecified atom stereocenters. The van der Waals surface area contributed by atoms with E-state index in [9.17, 15) is 0 Å². The van der Waals surface area contributed by atoms with E-state index in [1.165, 1.54) is 32.6 Å². The summed E-state index contributed by atoms with van der Waals surface area (Å²) in [4.78, 5) is 7.60. The van der Waals surface area contributed by atoms with Gasteiger partial charge in [0.25, 0.3) is 0 Å². The quantitative estimate of drug-likeness (QED) is 0.163. The van der Waals surface area contributed by atoms with Crippen molar-refractivity contribution in [3.05, 3.63) is 199 Å². The number of fused-ring (bicyclic) bond motifs is 9. The van der Waals surface area contributed by atoms with Crippen LogP contribution in [0.15, 0.2) is 176 Å². The van der Waals surface area contributed by atoms with Crippen LogP contribution in [0.5, 0.6) is 0 Å². The number of hydrogen-bond acceptors (Lipinski definition) is 0. The van der Waals surface area contributed by atoms with E-state index in [0.29, 0.717) is 11.4 Å². The zero-order valence-electron chi connectivity index (χ0n) is 29.5. The molecule has 0 radical (unpaired) electrons. The topological polar surface area (TPSA) is 23.5 Å². The maximum Gasteiger partial charge on any atom is 0.189 e. The minimum atomic E-state index is 0.560. The molecule has 55 heavy (non-hydrogen) atoms. The van der Waals surface area contributed by atoms with Crippen LogP contribution in [0.4, 0.5) is 11.4 Å². The summed E-state index contributed by atoms with van der Waals surface area (Å²) in [5.74, 6) is 0. The number of hydrogen-bond donors (Lipinski definition) is 0. The highest BCUT2D eigenvalue weighted by Gasteiger charge is 2.18. The van der Waals surface area contributed by atoms with E-state index in [1.54, 1.807) is 0 Å². The van der Waals surface area contributed by atoms with Crippen molar-refractivity contribution in [2.45, 2.75) is 0 Å². The Hall–Kier alpha value is -7.86. The van der Waals surface area contributed by atoms with Gasteiger partial charge < -0.3 is 13.7 Å². The van der Waals surface area contributed by atoms with Crippen LogP contribution < -0.4 is 0 Å². The molecule has 3 heterocycles. The zero-order valence-corrected chi connectivity index (χ0v) is 29.5. The Labute approximate surface area is 316 Å². The van der Waals surface area contributed by atoms with Gasteiger partial charge in [0.05, 0.1) is 40.7 Å². The molecular weight excluding hydrogens is 671 g/mol. The van der Waals surface area contributed by atoms with Crippen LogP contribution in [-0.4, -0.2) is 13.7 Å². The summed E-state index contributed by atoms with van der Waals surface area (Å²) in [6, 6.07) is 61.5. The average Bonchev–Trinajstić information content (AvgIpc) is 3.88. The molecule has 0 N–H and O–H groups in total. The Morgan fingerprint density at radius 2 is 0.764 bits per heavy atom. The van der Waals surface area contributed by atoms with Crippen molar-refractivity contribution in [1.29, 1.82) is 0 Å². The second kappa shape index (κ2) is 11.8. The molecular formula is C50H29N5. The molecule has 5 heteroatoms. The van der Waals surface area contributed by atoms with E-state index in [0.717, 1.165) is 61.0 Å². The maximum atomic E-state index is 8.01. The Morgan fingerprint density at radius 3 is 1.35 bits per heavy atom. The first-order valence-corrected chi connectivity index (χ1v) is 18.2. The van der Waals surface area contributed by atoms with E-state index in [4.69, 9.17) is 13.1 Å². The normalized spacial score (nSPS) is 11.6. The summed E-state index contributed by atoms with van der Waals surface area (Å²) in [7, 11) is 0. The zero-order chi connectivity index (χ0) is 36.6. The molecule has 0 aliphatic rings. The van der Waals surface area contributed by atoms with Crippen LogP contribution in [-0.2, 0) is 0 Å². The van der Waals surface area contributed by atoms with Gasteiger partial charge in [0.15, 0.2) is 11.4 Å². The van der Waals surface area contributed by atoms with Gasteiger partial charge in [-0.2, -0.15) is 0 Å². The van der Waals surface area contributed by atoms with Crippen molar-refractivity contribution in [3.63, 3.8) is 0 Å². The molecule has 0 aliphatic heterocycles. The van der Waals surface area contributed by atoms with E-state index in [2.05, 4.69) is 157 Å². The fourth-order valence-electron chi connectivity index (χ4n) is 8.64. The van der Waals surface area contributed by atoms with Gasteiger partial charge in [0, 0.05) is 54.9 Å². The fourth-order valence-corrected chi connectivity index (χ4v) is 8.64. The third-order valence-corrected chi connectivity index (χ3v) is 11.0. The molecule has 3 aromatic heterocycles. The fraction of sp³-hybridized carbons (Fsp3) is 0.